The molecule has 8 nitrogen and oxygen atoms in total. The van der Waals surface area contributed by atoms with Gasteiger partial charge in [0, 0.05) is 22.7 Å². The highest BCUT2D eigenvalue weighted by atomic mass is 35.5. The molecule has 3 N–H and O–H groups in total. The number of amides is 3. The van der Waals surface area contributed by atoms with Crippen LogP contribution in [0.2, 0.25) is 10.0 Å². The molecule has 1 saturated heterocycles. The molecule has 3 aromatic rings. The number of nitrogens with one attached hydrogen (secondary N) is 1. The Bertz CT molecular complexity index is 1350. The van der Waals surface area contributed by atoms with Crippen molar-refractivity contribution in [1.82, 2.24) is 0 Å². The minimum Gasteiger partial charge on any atom is -0.452 e. The average Bonchev–Trinajstić information content (AvgIpc) is 3.12. The largest absolute Gasteiger partial charge is 0.452 e. The van der Waals surface area contributed by atoms with Gasteiger partial charge in [-0.15, -0.1) is 11.8 Å². The fourth-order valence-corrected chi connectivity index (χ4v) is 4.87. The van der Waals surface area contributed by atoms with E-state index in [2.05, 4.69) is 5.32 Å². The van der Waals surface area contributed by atoms with Crippen LogP contribution in [-0.4, -0.2) is 35.5 Å². The van der Waals surface area contributed by atoms with Crippen molar-refractivity contribution in [2.24, 2.45) is 0 Å². The predicted molar refractivity (Wildman–Crippen MR) is 139 cm³/mol. The lowest BCUT2D eigenvalue weighted by atomic mass is 10.2. The van der Waals surface area contributed by atoms with Gasteiger partial charge < -0.3 is 15.8 Å². The Labute approximate surface area is 220 Å². The number of esters is 1. The summed E-state index contributed by atoms with van der Waals surface area (Å²) in [6.45, 7) is -0.521. The standard InChI is InChI=1S/C25H19Cl2N3O5S/c26-19-9-6-16(11-20(19)27)29-22(31)13-35-25(34)14-4-7-17(8-5-14)30-23(32)12-21(24(30)33)36-18-3-1-2-15(28)10-18/h1-11,21H,12-13,28H2,(H,29,31). The van der Waals surface area contributed by atoms with Gasteiger partial charge in [0.1, 0.15) is 0 Å². The number of hydrogen-bond donors (Lipinski definition) is 2. The molecule has 36 heavy (non-hydrogen) atoms. The zero-order chi connectivity index (χ0) is 25.8. The summed E-state index contributed by atoms with van der Waals surface area (Å²) in [5, 5.41) is 2.60. The number of thioether (sulfide) groups is 1. The molecule has 0 radical (unpaired) electrons. The Morgan fingerprint density at radius 3 is 2.47 bits per heavy atom. The smallest absolute Gasteiger partial charge is 0.338 e. The highest BCUT2D eigenvalue weighted by Crippen LogP contribution is 2.34. The molecule has 3 aromatic carbocycles. The topological polar surface area (TPSA) is 119 Å². The van der Waals surface area contributed by atoms with Gasteiger partial charge in [-0.05, 0) is 60.7 Å². The third-order valence-electron chi connectivity index (χ3n) is 5.14. The van der Waals surface area contributed by atoms with E-state index in [9.17, 15) is 19.2 Å². The molecule has 1 aliphatic rings. The first-order valence-corrected chi connectivity index (χ1v) is 12.3. The number of imide groups is 1. The first-order valence-electron chi connectivity index (χ1n) is 10.6. The fraction of sp³-hybridized carbons (Fsp3) is 0.120. The Morgan fingerprint density at radius 2 is 1.78 bits per heavy atom. The van der Waals surface area contributed by atoms with Gasteiger partial charge in [0.15, 0.2) is 6.61 Å². The highest BCUT2D eigenvalue weighted by molar-refractivity contribution is 8.00. The number of nitrogens with two attached hydrogens (primary N) is 1. The van der Waals surface area contributed by atoms with Crippen molar-refractivity contribution in [1.29, 1.82) is 0 Å². The maximum absolute atomic E-state index is 12.9. The first kappa shape index (κ1) is 25.6. The molecule has 184 valence electrons. The lowest BCUT2D eigenvalue weighted by Crippen LogP contribution is -2.31. The molecule has 0 aliphatic carbocycles. The van der Waals surface area contributed by atoms with Gasteiger partial charge in [0.25, 0.3) is 5.91 Å². The molecule has 1 atom stereocenters. The third-order valence-corrected chi connectivity index (χ3v) is 7.06. The Hall–Kier alpha value is -3.53. The van der Waals surface area contributed by atoms with Gasteiger partial charge in [-0.2, -0.15) is 0 Å². The van der Waals surface area contributed by atoms with Gasteiger partial charge in [-0.3, -0.25) is 14.4 Å². The number of anilines is 3. The van der Waals surface area contributed by atoms with Crippen molar-refractivity contribution in [3.8, 4) is 0 Å². The monoisotopic (exact) mass is 543 g/mol. The van der Waals surface area contributed by atoms with E-state index in [0.717, 1.165) is 9.80 Å². The van der Waals surface area contributed by atoms with E-state index in [4.69, 9.17) is 33.7 Å². The molecule has 1 fully saturated rings. The van der Waals surface area contributed by atoms with Crippen LogP contribution in [-0.2, 0) is 19.1 Å². The molecule has 1 heterocycles. The zero-order valence-corrected chi connectivity index (χ0v) is 20.9. The van der Waals surface area contributed by atoms with Crippen LogP contribution in [0.5, 0.6) is 0 Å². The number of rotatable bonds is 7. The Balaban J connectivity index is 1.34. The van der Waals surface area contributed by atoms with Crippen molar-refractivity contribution < 1.29 is 23.9 Å². The molecule has 1 aliphatic heterocycles. The molecule has 0 aromatic heterocycles. The lowest BCUT2D eigenvalue weighted by Gasteiger charge is -2.15. The van der Waals surface area contributed by atoms with Gasteiger partial charge in [0.2, 0.25) is 11.8 Å². The molecular weight excluding hydrogens is 525 g/mol. The predicted octanol–water partition coefficient (Wildman–Crippen LogP) is 4.80. The second-order valence-corrected chi connectivity index (χ2v) is 9.84. The van der Waals surface area contributed by atoms with Crippen molar-refractivity contribution in [2.45, 2.75) is 16.6 Å². The molecule has 11 heteroatoms. The number of benzene rings is 3. The van der Waals surface area contributed by atoms with Crippen LogP contribution < -0.4 is 16.0 Å². The summed E-state index contributed by atoms with van der Waals surface area (Å²) in [7, 11) is 0. The lowest BCUT2D eigenvalue weighted by molar-refractivity contribution is -0.121. The molecule has 0 bridgehead atoms. The van der Waals surface area contributed by atoms with Crippen LogP contribution in [0, 0.1) is 0 Å². The summed E-state index contributed by atoms with van der Waals surface area (Å²) < 4.78 is 5.05. The Morgan fingerprint density at radius 1 is 1.03 bits per heavy atom. The van der Waals surface area contributed by atoms with Crippen molar-refractivity contribution in [3.05, 3.63) is 82.3 Å². The minimum absolute atomic E-state index is 0.0516. The van der Waals surface area contributed by atoms with E-state index in [1.165, 1.54) is 48.2 Å². The van der Waals surface area contributed by atoms with E-state index in [1.807, 2.05) is 6.07 Å². The summed E-state index contributed by atoms with van der Waals surface area (Å²) in [6, 6.07) is 17.5. The number of nitrogens with zero attached hydrogens (tertiary/aromatic N) is 1. The van der Waals surface area contributed by atoms with E-state index < -0.39 is 23.7 Å². The molecular formula is C25H19Cl2N3O5S. The number of carbonyl (C=O) groups is 4. The second-order valence-electron chi connectivity index (χ2n) is 7.75. The molecule has 0 saturated carbocycles. The van der Waals surface area contributed by atoms with Gasteiger partial charge in [0.05, 0.1) is 26.5 Å². The average molecular weight is 544 g/mol. The van der Waals surface area contributed by atoms with Gasteiger partial charge in [-0.1, -0.05) is 29.3 Å². The second kappa shape index (κ2) is 11.0. The number of nitrogen functional groups attached to an aromatic ring is 1. The first-order chi connectivity index (χ1) is 17.2. The van der Waals surface area contributed by atoms with Crippen LogP contribution in [0.1, 0.15) is 16.8 Å². The molecule has 1 unspecified atom stereocenters. The maximum Gasteiger partial charge on any atom is 0.338 e. The minimum atomic E-state index is -0.736. The Kier molecular flexibility index (Phi) is 7.83. The van der Waals surface area contributed by atoms with E-state index in [0.29, 0.717) is 22.1 Å². The molecule has 4 rings (SSSR count). The number of carbonyl (C=O) groups excluding carboxylic acids is 4. The number of halogens is 2. The quantitative estimate of drug-likeness (QED) is 0.249. The van der Waals surface area contributed by atoms with Crippen molar-refractivity contribution in [2.75, 3.05) is 22.6 Å². The summed E-state index contributed by atoms with van der Waals surface area (Å²) in [5.74, 6) is -1.98. The van der Waals surface area contributed by atoms with Crippen molar-refractivity contribution in [3.63, 3.8) is 0 Å². The van der Waals surface area contributed by atoms with E-state index in [1.54, 1.807) is 24.3 Å². The number of ether oxygens (including phenoxy) is 1. The van der Waals surface area contributed by atoms with Crippen LogP contribution in [0.3, 0.4) is 0 Å². The fourth-order valence-electron chi connectivity index (χ4n) is 3.45. The molecule has 0 spiro atoms. The zero-order valence-electron chi connectivity index (χ0n) is 18.6. The van der Waals surface area contributed by atoms with Gasteiger partial charge in [-0.25, -0.2) is 9.69 Å². The van der Waals surface area contributed by atoms with E-state index in [-0.39, 0.29) is 28.8 Å². The maximum atomic E-state index is 12.9. The summed E-state index contributed by atoms with van der Waals surface area (Å²) in [4.78, 5) is 51.8. The van der Waals surface area contributed by atoms with Crippen LogP contribution in [0.4, 0.5) is 17.1 Å². The molecule has 3 amide bonds. The number of hydrogen-bond acceptors (Lipinski definition) is 7. The van der Waals surface area contributed by atoms with Crippen LogP contribution in [0.15, 0.2) is 71.6 Å². The normalized spacial score (nSPS) is 15.2. The summed E-state index contributed by atoms with van der Waals surface area (Å²) >= 11 is 13.0. The van der Waals surface area contributed by atoms with Gasteiger partial charge >= 0.3 is 5.97 Å². The van der Waals surface area contributed by atoms with E-state index >= 15 is 0 Å². The van der Waals surface area contributed by atoms with Crippen LogP contribution >= 0.6 is 35.0 Å². The van der Waals surface area contributed by atoms with Crippen molar-refractivity contribution >= 4 is 75.7 Å². The third kappa shape index (κ3) is 5.99. The SMILES string of the molecule is Nc1cccc(SC2CC(=O)N(c3ccc(C(=O)OCC(=O)Nc4ccc(Cl)c(Cl)c4)cc3)C2=O)c1. The summed E-state index contributed by atoms with van der Waals surface area (Å²) in [6.07, 6.45) is 0.0516. The summed E-state index contributed by atoms with van der Waals surface area (Å²) in [5.41, 5.74) is 7.27. The van der Waals surface area contributed by atoms with Crippen LogP contribution in [0.25, 0.3) is 0 Å². The highest BCUT2D eigenvalue weighted by Gasteiger charge is 2.40.